The number of hydrogen-bond donors (Lipinski definition) is 1. The predicted octanol–water partition coefficient (Wildman–Crippen LogP) is 4.69. The summed E-state index contributed by atoms with van der Waals surface area (Å²) in [6.07, 6.45) is 0. The molecule has 1 unspecified atom stereocenters. The van der Waals surface area contributed by atoms with E-state index < -0.39 is 0 Å². The fourth-order valence-corrected chi connectivity index (χ4v) is 2.92. The van der Waals surface area contributed by atoms with Gasteiger partial charge in [0.25, 0.3) is 5.91 Å². The van der Waals surface area contributed by atoms with E-state index in [1.54, 1.807) is 0 Å². The number of hydrogen-bond acceptors (Lipinski definition) is 2. The number of fused-ring (bicyclic) bond motifs is 1. The number of aromatic nitrogens is 1. The Hall–Kier alpha value is -2.39. The first-order valence-corrected chi connectivity index (χ1v) is 7.86. The van der Waals surface area contributed by atoms with E-state index in [0.29, 0.717) is 10.7 Å². The van der Waals surface area contributed by atoms with Gasteiger partial charge in [0.1, 0.15) is 5.15 Å². The van der Waals surface area contributed by atoms with Crippen LogP contribution in [0.15, 0.2) is 54.6 Å². The highest BCUT2D eigenvalue weighted by molar-refractivity contribution is 6.30. The molecule has 3 aromatic rings. The van der Waals surface area contributed by atoms with E-state index in [4.69, 9.17) is 11.6 Å². The first-order valence-electron chi connectivity index (χ1n) is 7.48. The summed E-state index contributed by atoms with van der Waals surface area (Å²) in [5, 5.41) is 4.47. The first-order chi connectivity index (χ1) is 11.1. The lowest BCUT2D eigenvalue weighted by molar-refractivity contribution is 0.0939. The minimum absolute atomic E-state index is 0.0902. The van der Waals surface area contributed by atoms with Gasteiger partial charge >= 0.3 is 0 Å². The first kappa shape index (κ1) is 15.5. The molecule has 4 heteroatoms. The topological polar surface area (TPSA) is 42.0 Å². The molecule has 2 aromatic carbocycles. The molecule has 0 aliphatic carbocycles. The van der Waals surface area contributed by atoms with Crippen molar-refractivity contribution in [2.45, 2.75) is 19.9 Å². The van der Waals surface area contributed by atoms with E-state index in [1.807, 2.05) is 68.4 Å². The van der Waals surface area contributed by atoms with Crippen LogP contribution in [0.3, 0.4) is 0 Å². The number of carbonyl (C=O) groups is 1. The number of para-hydroxylation sites is 1. The monoisotopic (exact) mass is 324 g/mol. The fourth-order valence-electron chi connectivity index (χ4n) is 2.71. The van der Waals surface area contributed by atoms with E-state index in [2.05, 4.69) is 10.3 Å². The van der Waals surface area contributed by atoms with Crippen molar-refractivity contribution < 1.29 is 4.79 Å². The van der Waals surface area contributed by atoms with Crippen LogP contribution in [0.1, 0.15) is 34.5 Å². The van der Waals surface area contributed by atoms with Crippen LogP contribution in [0.5, 0.6) is 0 Å². The van der Waals surface area contributed by atoms with Crippen LogP contribution in [0.4, 0.5) is 0 Å². The number of rotatable bonds is 3. The number of halogens is 1. The van der Waals surface area contributed by atoms with Crippen molar-refractivity contribution in [1.82, 2.24) is 10.3 Å². The van der Waals surface area contributed by atoms with Crippen molar-refractivity contribution in [3.8, 4) is 0 Å². The van der Waals surface area contributed by atoms with Crippen LogP contribution in [0, 0.1) is 6.92 Å². The molecule has 23 heavy (non-hydrogen) atoms. The summed E-state index contributed by atoms with van der Waals surface area (Å²) in [5.74, 6) is -0.0902. The van der Waals surface area contributed by atoms with Crippen molar-refractivity contribution in [2.24, 2.45) is 0 Å². The minimum atomic E-state index is -0.174. The van der Waals surface area contributed by atoms with Gasteiger partial charge in [0.15, 0.2) is 0 Å². The third kappa shape index (κ3) is 3.20. The zero-order chi connectivity index (χ0) is 16.4. The molecule has 116 valence electrons. The summed E-state index contributed by atoms with van der Waals surface area (Å²) in [4.78, 5) is 16.8. The molecular weight excluding hydrogens is 308 g/mol. The van der Waals surface area contributed by atoms with Gasteiger partial charge in [-0.2, -0.15) is 0 Å². The smallest absolute Gasteiger partial charge is 0.252 e. The quantitative estimate of drug-likeness (QED) is 0.710. The third-order valence-electron chi connectivity index (χ3n) is 3.92. The number of aryl methyl sites for hydroxylation is 1. The number of carbonyl (C=O) groups excluding carboxylic acids is 1. The van der Waals surface area contributed by atoms with E-state index in [-0.39, 0.29) is 11.9 Å². The molecule has 1 atom stereocenters. The number of pyridine rings is 1. The molecule has 1 aromatic heterocycles. The summed E-state index contributed by atoms with van der Waals surface area (Å²) in [6.45, 7) is 3.88. The summed E-state index contributed by atoms with van der Waals surface area (Å²) >= 11 is 6.12. The van der Waals surface area contributed by atoms with E-state index in [0.717, 1.165) is 22.0 Å². The summed E-state index contributed by atoms with van der Waals surface area (Å²) in [6, 6.07) is 17.0. The highest BCUT2D eigenvalue weighted by atomic mass is 35.5. The normalized spacial score (nSPS) is 12.1. The highest BCUT2D eigenvalue weighted by Gasteiger charge is 2.16. The van der Waals surface area contributed by atoms with Gasteiger partial charge in [0.2, 0.25) is 0 Å². The lowest BCUT2D eigenvalue weighted by atomic mass is 10.0. The maximum atomic E-state index is 12.5. The molecule has 1 N–H and O–H groups in total. The molecule has 0 spiro atoms. The lowest BCUT2D eigenvalue weighted by Gasteiger charge is -2.17. The number of benzene rings is 2. The summed E-state index contributed by atoms with van der Waals surface area (Å²) in [5.41, 5.74) is 3.42. The lowest BCUT2D eigenvalue weighted by Crippen LogP contribution is -2.27. The Kier molecular flexibility index (Phi) is 4.30. The summed E-state index contributed by atoms with van der Waals surface area (Å²) in [7, 11) is 0. The van der Waals surface area contributed by atoms with Gasteiger partial charge in [-0.3, -0.25) is 4.79 Å². The molecule has 0 radical (unpaired) electrons. The average molecular weight is 325 g/mol. The molecular formula is C19H17ClN2O. The van der Waals surface area contributed by atoms with Gasteiger partial charge in [-0.15, -0.1) is 0 Å². The fraction of sp³-hybridized carbons (Fsp3) is 0.158. The van der Waals surface area contributed by atoms with Crippen LogP contribution in [0.2, 0.25) is 5.15 Å². The molecule has 1 heterocycles. The van der Waals surface area contributed by atoms with Gasteiger partial charge in [-0.05, 0) is 43.2 Å². The molecule has 0 bridgehead atoms. The predicted molar refractivity (Wildman–Crippen MR) is 93.8 cm³/mol. The van der Waals surface area contributed by atoms with Crippen LogP contribution in [-0.4, -0.2) is 10.9 Å². The second kappa shape index (κ2) is 6.39. The Balaban J connectivity index is 1.94. The van der Waals surface area contributed by atoms with E-state index in [1.165, 1.54) is 0 Å². The Morgan fingerprint density at radius 1 is 1.13 bits per heavy atom. The maximum Gasteiger partial charge on any atom is 0.252 e. The number of nitrogens with one attached hydrogen (secondary N) is 1. The van der Waals surface area contributed by atoms with Crippen LogP contribution < -0.4 is 5.32 Å². The highest BCUT2D eigenvalue weighted by Crippen LogP contribution is 2.26. The molecule has 3 rings (SSSR count). The molecule has 0 aliphatic heterocycles. The molecule has 0 saturated heterocycles. The van der Waals surface area contributed by atoms with Gasteiger partial charge in [-0.1, -0.05) is 48.0 Å². The Morgan fingerprint density at radius 3 is 2.61 bits per heavy atom. The second-order valence-corrected chi connectivity index (χ2v) is 5.95. The van der Waals surface area contributed by atoms with Crippen molar-refractivity contribution in [2.75, 3.05) is 0 Å². The standard InChI is InChI=1S/C19H17ClN2O/c1-12-7-3-4-8-14(12)19(23)21-13(2)16-11-18(20)22-17-10-6-5-9-15(16)17/h3-11,13H,1-2H3,(H,21,23). The molecule has 0 fully saturated rings. The Morgan fingerprint density at radius 2 is 1.83 bits per heavy atom. The van der Waals surface area contributed by atoms with Crippen molar-refractivity contribution in [3.63, 3.8) is 0 Å². The zero-order valence-corrected chi connectivity index (χ0v) is 13.8. The van der Waals surface area contributed by atoms with Crippen molar-refractivity contribution in [3.05, 3.63) is 76.4 Å². The largest absolute Gasteiger partial charge is 0.345 e. The summed E-state index contributed by atoms with van der Waals surface area (Å²) < 4.78 is 0. The van der Waals surface area contributed by atoms with E-state index >= 15 is 0 Å². The van der Waals surface area contributed by atoms with Crippen LogP contribution in [0.25, 0.3) is 10.9 Å². The number of nitrogens with zero attached hydrogens (tertiary/aromatic N) is 1. The molecule has 3 nitrogen and oxygen atoms in total. The molecule has 0 aliphatic rings. The number of amides is 1. The molecule has 0 saturated carbocycles. The van der Waals surface area contributed by atoms with Crippen molar-refractivity contribution in [1.29, 1.82) is 0 Å². The van der Waals surface area contributed by atoms with Gasteiger partial charge in [0, 0.05) is 10.9 Å². The van der Waals surface area contributed by atoms with Gasteiger partial charge in [-0.25, -0.2) is 4.98 Å². The van der Waals surface area contributed by atoms with Crippen molar-refractivity contribution >= 4 is 28.4 Å². The second-order valence-electron chi connectivity index (χ2n) is 5.56. The van der Waals surface area contributed by atoms with Gasteiger partial charge < -0.3 is 5.32 Å². The third-order valence-corrected chi connectivity index (χ3v) is 4.11. The van der Waals surface area contributed by atoms with Gasteiger partial charge in [0.05, 0.1) is 11.6 Å². The van der Waals surface area contributed by atoms with Crippen LogP contribution >= 0.6 is 11.6 Å². The molecule has 1 amide bonds. The maximum absolute atomic E-state index is 12.5. The van der Waals surface area contributed by atoms with Crippen LogP contribution in [-0.2, 0) is 0 Å². The minimum Gasteiger partial charge on any atom is -0.345 e. The zero-order valence-electron chi connectivity index (χ0n) is 13.0. The Labute approximate surface area is 140 Å². The Bertz CT molecular complexity index is 876. The SMILES string of the molecule is Cc1ccccc1C(=O)NC(C)c1cc(Cl)nc2ccccc12. The van der Waals surface area contributed by atoms with E-state index in [9.17, 15) is 4.79 Å². The average Bonchev–Trinajstić information content (AvgIpc) is 2.54.